The first-order chi connectivity index (χ1) is 19.1. The van der Waals surface area contributed by atoms with Crippen LogP contribution in [-0.2, 0) is 11.2 Å². The lowest BCUT2D eigenvalue weighted by atomic mass is 9.75. The summed E-state index contributed by atoms with van der Waals surface area (Å²) < 4.78 is 194. The van der Waals surface area contributed by atoms with Gasteiger partial charge in [0.25, 0.3) is 0 Å². The molecule has 1 aliphatic rings. The average Bonchev–Trinajstić information content (AvgIpc) is 2.89. The standard InChI is InChI=1S/C26H28F14O2/c1-2-3-4-5-6-7-15-8-13-19(18(27)14-15)42-20(41)16-9-11-17(12-10-16)21(28,29)22(30,31)23(32,33)24(34,35)25(36,37)26(38,39)40/h8,13-14,16-17H,2-7,9-12H2,1H3/t16-,17-. The predicted octanol–water partition coefficient (Wildman–Crippen LogP) is 9.79. The molecule has 0 unspecified atom stereocenters. The number of ether oxygens (including phenoxy) is 1. The summed E-state index contributed by atoms with van der Waals surface area (Å²) in [4.78, 5) is 12.4. The highest BCUT2D eigenvalue weighted by Crippen LogP contribution is 2.62. The molecule has 1 saturated carbocycles. The van der Waals surface area contributed by atoms with Crippen molar-refractivity contribution in [3.63, 3.8) is 0 Å². The van der Waals surface area contributed by atoms with Gasteiger partial charge in [-0.2, -0.15) is 57.1 Å². The molecule has 1 fully saturated rings. The molecule has 2 rings (SSSR count). The molecule has 0 atom stereocenters. The summed E-state index contributed by atoms with van der Waals surface area (Å²) in [6.07, 6.45) is -6.14. The fraction of sp³-hybridized carbons (Fsp3) is 0.731. The van der Waals surface area contributed by atoms with Crippen LogP contribution in [0.2, 0.25) is 0 Å². The van der Waals surface area contributed by atoms with Crippen molar-refractivity contribution in [3.8, 4) is 5.75 Å². The number of carbonyl (C=O) groups excluding carboxylic acids is 1. The maximum absolute atomic E-state index is 14.5. The molecule has 2 nitrogen and oxygen atoms in total. The highest BCUT2D eigenvalue weighted by atomic mass is 19.4. The van der Waals surface area contributed by atoms with Crippen LogP contribution < -0.4 is 4.74 Å². The second kappa shape index (κ2) is 12.7. The molecule has 42 heavy (non-hydrogen) atoms. The van der Waals surface area contributed by atoms with Crippen LogP contribution in [0.1, 0.15) is 70.3 Å². The van der Waals surface area contributed by atoms with Crippen LogP contribution in [0.15, 0.2) is 18.2 Å². The van der Waals surface area contributed by atoms with Gasteiger partial charge in [0.2, 0.25) is 0 Å². The fourth-order valence-electron chi connectivity index (χ4n) is 4.64. The van der Waals surface area contributed by atoms with E-state index in [1.165, 1.54) is 6.07 Å². The number of unbranched alkanes of at least 4 members (excludes halogenated alkanes) is 4. The molecule has 0 bridgehead atoms. The second-order valence-electron chi connectivity index (χ2n) is 10.3. The fourth-order valence-corrected chi connectivity index (χ4v) is 4.64. The van der Waals surface area contributed by atoms with Crippen LogP contribution >= 0.6 is 0 Å². The molecule has 16 heteroatoms. The molecule has 0 heterocycles. The third kappa shape index (κ3) is 6.76. The van der Waals surface area contributed by atoms with E-state index in [1.54, 1.807) is 0 Å². The maximum atomic E-state index is 14.5. The van der Waals surface area contributed by atoms with Crippen molar-refractivity contribution >= 4 is 5.97 Å². The smallest absolute Gasteiger partial charge is 0.423 e. The minimum absolute atomic E-state index is 0.538. The molecule has 1 aromatic rings. The zero-order chi connectivity index (χ0) is 32.4. The summed E-state index contributed by atoms with van der Waals surface area (Å²) in [6, 6.07) is 3.72. The SMILES string of the molecule is CCCCCCCc1ccc(OC(=O)[C@H]2CC[C@H](C(F)(F)C(F)(F)C(F)(F)C(F)(F)C(F)(F)C(F)(F)F)CC2)c(F)c1. The Morgan fingerprint density at radius 2 is 1.26 bits per heavy atom. The molecule has 0 aliphatic heterocycles. The van der Waals surface area contributed by atoms with E-state index in [0.717, 1.165) is 44.2 Å². The first-order valence-electron chi connectivity index (χ1n) is 13.0. The van der Waals surface area contributed by atoms with Crippen LogP contribution in [0, 0.1) is 17.7 Å². The van der Waals surface area contributed by atoms with Crippen LogP contribution in [0.25, 0.3) is 0 Å². The van der Waals surface area contributed by atoms with Gasteiger partial charge in [-0.25, -0.2) is 4.39 Å². The largest absolute Gasteiger partial charge is 0.460 e. The Labute approximate surface area is 231 Å². The Morgan fingerprint density at radius 3 is 1.76 bits per heavy atom. The first kappa shape index (κ1) is 35.9. The molecule has 0 amide bonds. The molecule has 0 saturated heterocycles. The lowest BCUT2D eigenvalue weighted by Crippen LogP contribution is -2.71. The number of benzene rings is 1. The summed E-state index contributed by atoms with van der Waals surface area (Å²) in [5.41, 5.74) is 0.600. The van der Waals surface area contributed by atoms with Gasteiger partial charge in [0, 0.05) is 5.92 Å². The summed E-state index contributed by atoms with van der Waals surface area (Å²) >= 11 is 0. The van der Waals surface area contributed by atoms with Gasteiger partial charge >= 0.3 is 41.8 Å². The Balaban J connectivity index is 2.07. The maximum Gasteiger partial charge on any atom is 0.460 e. The van der Waals surface area contributed by atoms with E-state index >= 15 is 0 Å². The topological polar surface area (TPSA) is 26.3 Å². The number of alkyl halides is 13. The highest BCUT2D eigenvalue weighted by Gasteiger charge is 2.91. The zero-order valence-electron chi connectivity index (χ0n) is 22.1. The number of rotatable bonds is 13. The lowest BCUT2D eigenvalue weighted by molar-refractivity contribution is -0.443. The van der Waals surface area contributed by atoms with E-state index in [4.69, 9.17) is 4.74 Å². The molecule has 0 radical (unpaired) electrons. The average molecular weight is 638 g/mol. The van der Waals surface area contributed by atoms with E-state index in [1.807, 2.05) is 6.92 Å². The van der Waals surface area contributed by atoms with Gasteiger partial charge in [0.1, 0.15) is 0 Å². The van der Waals surface area contributed by atoms with Crippen molar-refractivity contribution in [2.45, 2.75) is 107 Å². The number of halogens is 14. The number of esters is 1. The monoisotopic (exact) mass is 638 g/mol. The Kier molecular flexibility index (Phi) is 10.9. The molecule has 242 valence electrons. The van der Waals surface area contributed by atoms with Crippen molar-refractivity contribution in [2.24, 2.45) is 11.8 Å². The molecule has 1 aromatic carbocycles. The van der Waals surface area contributed by atoms with E-state index in [2.05, 4.69) is 0 Å². The van der Waals surface area contributed by atoms with Gasteiger partial charge in [-0.1, -0.05) is 38.7 Å². The molecule has 1 aliphatic carbocycles. The Bertz CT molecular complexity index is 1060. The molecular weight excluding hydrogens is 610 g/mol. The third-order valence-electron chi connectivity index (χ3n) is 7.31. The second-order valence-corrected chi connectivity index (χ2v) is 10.3. The molecule has 0 spiro atoms. The number of aryl methyl sites for hydroxylation is 1. The van der Waals surface area contributed by atoms with Crippen molar-refractivity contribution in [3.05, 3.63) is 29.6 Å². The predicted molar refractivity (Wildman–Crippen MR) is 121 cm³/mol. The first-order valence-corrected chi connectivity index (χ1v) is 13.0. The summed E-state index contributed by atoms with van der Waals surface area (Å²) in [7, 11) is 0. The van der Waals surface area contributed by atoms with Crippen LogP contribution in [-0.4, -0.2) is 41.8 Å². The van der Waals surface area contributed by atoms with Gasteiger partial charge in [-0.15, -0.1) is 0 Å². The normalized spacial score (nSPS) is 19.6. The minimum Gasteiger partial charge on any atom is -0.423 e. The van der Waals surface area contributed by atoms with Crippen LogP contribution in [0.4, 0.5) is 61.5 Å². The number of hydrogen-bond acceptors (Lipinski definition) is 2. The number of hydrogen-bond donors (Lipinski definition) is 0. The number of carbonyl (C=O) groups is 1. The van der Waals surface area contributed by atoms with E-state index in [-0.39, 0.29) is 0 Å². The van der Waals surface area contributed by atoms with Gasteiger partial charge < -0.3 is 4.74 Å². The Morgan fingerprint density at radius 1 is 0.738 bits per heavy atom. The summed E-state index contributed by atoms with van der Waals surface area (Å²) in [5.74, 6) is -44.1. The molecule has 0 aromatic heterocycles. The van der Waals surface area contributed by atoms with Gasteiger partial charge in [0.15, 0.2) is 11.6 Å². The van der Waals surface area contributed by atoms with E-state index in [0.29, 0.717) is 12.0 Å². The lowest BCUT2D eigenvalue weighted by Gasteiger charge is -2.43. The summed E-state index contributed by atoms with van der Waals surface area (Å²) in [6.45, 7) is 2.04. The zero-order valence-corrected chi connectivity index (χ0v) is 22.1. The van der Waals surface area contributed by atoms with Gasteiger partial charge in [-0.3, -0.25) is 4.79 Å². The molecule has 0 N–H and O–H groups in total. The van der Waals surface area contributed by atoms with Crippen molar-refractivity contribution in [2.75, 3.05) is 0 Å². The molecular formula is C26H28F14O2. The van der Waals surface area contributed by atoms with Gasteiger partial charge in [-0.05, 0) is 56.2 Å². The van der Waals surface area contributed by atoms with Crippen LogP contribution in [0.3, 0.4) is 0 Å². The van der Waals surface area contributed by atoms with E-state index in [9.17, 15) is 66.3 Å². The van der Waals surface area contributed by atoms with E-state index < -0.39 is 90.8 Å². The van der Waals surface area contributed by atoms with Crippen LogP contribution in [0.5, 0.6) is 5.75 Å². The van der Waals surface area contributed by atoms with Gasteiger partial charge in [0.05, 0.1) is 5.92 Å². The summed E-state index contributed by atoms with van der Waals surface area (Å²) in [5, 5.41) is 0. The van der Waals surface area contributed by atoms with Crippen molar-refractivity contribution in [1.82, 2.24) is 0 Å². The third-order valence-corrected chi connectivity index (χ3v) is 7.31. The van der Waals surface area contributed by atoms with Crippen molar-refractivity contribution in [1.29, 1.82) is 0 Å². The highest BCUT2D eigenvalue weighted by molar-refractivity contribution is 5.75. The quantitative estimate of drug-likeness (QED) is 0.0931. The van der Waals surface area contributed by atoms with Crippen molar-refractivity contribution < 1.29 is 71.0 Å². The minimum atomic E-state index is -7.96. The Hall–Kier alpha value is -2.29.